The Labute approximate surface area is 195 Å². The van der Waals surface area contributed by atoms with E-state index in [1.165, 1.54) is 0 Å². The van der Waals surface area contributed by atoms with E-state index in [0.29, 0.717) is 44.0 Å². The first-order valence-electron chi connectivity index (χ1n) is 11.8. The van der Waals surface area contributed by atoms with Crippen molar-refractivity contribution in [3.8, 4) is 11.5 Å². The summed E-state index contributed by atoms with van der Waals surface area (Å²) in [5, 5.41) is 0. The number of carbonyl (C=O) groups excluding carboxylic acids is 1. The van der Waals surface area contributed by atoms with Crippen molar-refractivity contribution in [3.05, 3.63) is 53.6 Å². The lowest BCUT2D eigenvalue weighted by Crippen LogP contribution is -2.30. The van der Waals surface area contributed by atoms with E-state index in [2.05, 4.69) is 0 Å². The van der Waals surface area contributed by atoms with Crippen molar-refractivity contribution in [1.82, 2.24) is 9.21 Å². The van der Waals surface area contributed by atoms with Crippen LogP contribution in [0.2, 0.25) is 0 Å². The maximum absolute atomic E-state index is 13.1. The van der Waals surface area contributed by atoms with Crippen LogP contribution in [0.5, 0.6) is 11.5 Å². The number of rotatable bonds is 6. The molecule has 0 bridgehead atoms. The minimum absolute atomic E-state index is 0.0568. The summed E-state index contributed by atoms with van der Waals surface area (Å²) in [6.07, 6.45) is 4.75. The fourth-order valence-electron chi connectivity index (χ4n) is 4.98. The van der Waals surface area contributed by atoms with Crippen LogP contribution in [0.3, 0.4) is 0 Å². The first-order valence-corrected chi connectivity index (χ1v) is 13.2. The van der Waals surface area contributed by atoms with Crippen LogP contribution in [-0.2, 0) is 21.2 Å². The molecular formula is C25H30N2O5S. The average Bonchev–Trinajstić information content (AvgIpc) is 3.55. The summed E-state index contributed by atoms with van der Waals surface area (Å²) in [4.78, 5) is 15.4. The number of ether oxygens (including phenoxy) is 2. The highest BCUT2D eigenvalue weighted by Crippen LogP contribution is 2.38. The highest BCUT2D eigenvalue weighted by molar-refractivity contribution is 7.89. The molecule has 3 aliphatic rings. The molecular weight excluding hydrogens is 440 g/mol. The number of carbonyl (C=O) groups is 1. The number of benzene rings is 2. The predicted molar refractivity (Wildman–Crippen MR) is 124 cm³/mol. The second kappa shape index (κ2) is 9.35. The Bertz CT molecular complexity index is 1110. The first kappa shape index (κ1) is 22.2. The van der Waals surface area contributed by atoms with Crippen LogP contribution in [0, 0.1) is 0 Å². The molecule has 33 heavy (non-hydrogen) atoms. The van der Waals surface area contributed by atoms with Gasteiger partial charge in [0.25, 0.3) is 0 Å². The molecule has 1 amide bonds. The zero-order valence-electron chi connectivity index (χ0n) is 18.7. The molecule has 0 radical (unpaired) electrons. The Morgan fingerprint density at radius 2 is 1.64 bits per heavy atom. The highest BCUT2D eigenvalue weighted by atomic mass is 32.2. The van der Waals surface area contributed by atoms with Gasteiger partial charge in [-0.25, -0.2) is 8.42 Å². The Kier molecular flexibility index (Phi) is 6.29. The van der Waals surface area contributed by atoms with Crippen molar-refractivity contribution < 1.29 is 22.7 Å². The minimum atomic E-state index is -3.41. The zero-order chi connectivity index (χ0) is 22.8. The molecule has 3 aliphatic heterocycles. The van der Waals surface area contributed by atoms with Crippen molar-refractivity contribution in [3.63, 3.8) is 0 Å². The van der Waals surface area contributed by atoms with Gasteiger partial charge in [0, 0.05) is 26.1 Å². The Morgan fingerprint density at radius 1 is 0.909 bits per heavy atom. The molecule has 2 saturated heterocycles. The van der Waals surface area contributed by atoms with Gasteiger partial charge in [-0.2, -0.15) is 4.31 Å². The second-order valence-corrected chi connectivity index (χ2v) is 10.8. The average molecular weight is 471 g/mol. The van der Waals surface area contributed by atoms with E-state index in [0.717, 1.165) is 54.9 Å². The van der Waals surface area contributed by atoms with Crippen LogP contribution in [0.1, 0.15) is 49.3 Å². The Hall–Kier alpha value is -2.58. The molecule has 0 N–H and O–H groups in total. The van der Waals surface area contributed by atoms with E-state index in [1.54, 1.807) is 16.4 Å². The molecule has 1 atom stereocenters. The third-order valence-corrected chi connectivity index (χ3v) is 8.69. The van der Waals surface area contributed by atoms with E-state index in [4.69, 9.17) is 9.47 Å². The van der Waals surface area contributed by atoms with Gasteiger partial charge in [-0.3, -0.25) is 4.79 Å². The van der Waals surface area contributed by atoms with Crippen molar-refractivity contribution >= 4 is 15.9 Å². The predicted octanol–water partition coefficient (Wildman–Crippen LogP) is 3.54. The van der Waals surface area contributed by atoms with Crippen LogP contribution in [0.25, 0.3) is 0 Å². The fourth-order valence-corrected chi connectivity index (χ4v) is 6.50. The number of amides is 1. The van der Waals surface area contributed by atoms with Gasteiger partial charge in [-0.15, -0.1) is 0 Å². The van der Waals surface area contributed by atoms with Crippen molar-refractivity contribution in [2.24, 2.45) is 0 Å². The molecule has 0 saturated carbocycles. The summed E-state index contributed by atoms with van der Waals surface area (Å²) in [6.45, 7) is 3.05. The lowest BCUT2D eigenvalue weighted by molar-refractivity contribution is -0.132. The number of aryl methyl sites for hydroxylation is 1. The summed E-state index contributed by atoms with van der Waals surface area (Å²) in [6, 6.07) is 13.0. The fraction of sp³-hybridized carbons (Fsp3) is 0.480. The van der Waals surface area contributed by atoms with Gasteiger partial charge < -0.3 is 14.4 Å². The maximum atomic E-state index is 13.1. The molecule has 0 aromatic heterocycles. The molecule has 0 spiro atoms. The Balaban J connectivity index is 1.21. The standard InChI is InChI=1S/C25H30N2O5S/c28-25(12-7-19-5-9-21(10-6-19)33(29,30)26-13-1-2-14-26)27-15-3-4-22(27)20-8-11-23-24(18-20)32-17-16-31-23/h5-6,8-11,18,22H,1-4,7,12-17H2/t22-/m0/s1. The SMILES string of the molecule is O=C(CCc1ccc(S(=O)(=O)N2CCCC2)cc1)N1CCC[C@H]1c1ccc2c(c1)OCCO2. The molecule has 0 unspecified atom stereocenters. The molecule has 176 valence electrons. The summed E-state index contributed by atoms with van der Waals surface area (Å²) >= 11 is 0. The third kappa shape index (κ3) is 4.59. The third-order valence-electron chi connectivity index (χ3n) is 6.78. The van der Waals surface area contributed by atoms with Gasteiger partial charge in [0.1, 0.15) is 13.2 Å². The normalized spacial score (nSPS) is 20.8. The minimum Gasteiger partial charge on any atom is -0.486 e. The largest absolute Gasteiger partial charge is 0.486 e. The van der Waals surface area contributed by atoms with E-state index in [1.807, 2.05) is 35.2 Å². The summed E-state index contributed by atoms with van der Waals surface area (Å²) in [5.74, 6) is 1.64. The molecule has 2 aromatic rings. The quantitative estimate of drug-likeness (QED) is 0.646. The van der Waals surface area contributed by atoms with Gasteiger partial charge in [0.15, 0.2) is 11.5 Å². The van der Waals surface area contributed by atoms with E-state index in [9.17, 15) is 13.2 Å². The molecule has 7 nitrogen and oxygen atoms in total. The number of nitrogens with zero attached hydrogens (tertiary/aromatic N) is 2. The van der Waals surface area contributed by atoms with Crippen molar-refractivity contribution in [2.75, 3.05) is 32.8 Å². The summed E-state index contributed by atoms with van der Waals surface area (Å²) < 4.78 is 38.3. The monoisotopic (exact) mass is 470 g/mol. The van der Waals surface area contributed by atoms with Gasteiger partial charge in [-0.1, -0.05) is 18.2 Å². The molecule has 0 aliphatic carbocycles. The van der Waals surface area contributed by atoms with Crippen LogP contribution in [0.15, 0.2) is 47.4 Å². The smallest absolute Gasteiger partial charge is 0.243 e. The molecule has 3 heterocycles. The first-order chi connectivity index (χ1) is 16.0. The number of fused-ring (bicyclic) bond motifs is 1. The second-order valence-electron chi connectivity index (χ2n) is 8.90. The van der Waals surface area contributed by atoms with Crippen molar-refractivity contribution in [2.45, 2.75) is 49.5 Å². The van der Waals surface area contributed by atoms with E-state index >= 15 is 0 Å². The molecule has 2 aromatic carbocycles. The van der Waals surface area contributed by atoms with E-state index < -0.39 is 10.0 Å². The molecule has 8 heteroatoms. The van der Waals surface area contributed by atoms with Crippen molar-refractivity contribution in [1.29, 1.82) is 0 Å². The lowest BCUT2D eigenvalue weighted by Gasteiger charge is -2.27. The van der Waals surface area contributed by atoms with Gasteiger partial charge in [-0.05, 0) is 67.5 Å². The highest BCUT2D eigenvalue weighted by Gasteiger charge is 2.31. The molecule has 5 rings (SSSR count). The zero-order valence-corrected chi connectivity index (χ0v) is 19.6. The van der Waals surface area contributed by atoms with Crippen LogP contribution < -0.4 is 9.47 Å². The van der Waals surface area contributed by atoms with Crippen LogP contribution in [-0.4, -0.2) is 56.4 Å². The van der Waals surface area contributed by atoms with E-state index in [-0.39, 0.29) is 11.9 Å². The van der Waals surface area contributed by atoms with Gasteiger partial charge in [0.2, 0.25) is 15.9 Å². The number of hydrogen-bond donors (Lipinski definition) is 0. The maximum Gasteiger partial charge on any atom is 0.243 e. The number of sulfonamides is 1. The van der Waals surface area contributed by atoms with Gasteiger partial charge >= 0.3 is 0 Å². The van der Waals surface area contributed by atoms with Gasteiger partial charge in [0.05, 0.1) is 10.9 Å². The summed E-state index contributed by atoms with van der Waals surface area (Å²) in [7, 11) is -3.41. The number of hydrogen-bond acceptors (Lipinski definition) is 5. The van der Waals surface area contributed by atoms with Crippen LogP contribution in [0.4, 0.5) is 0 Å². The lowest BCUT2D eigenvalue weighted by atomic mass is 10.0. The molecule has 2 fully saturated rings. The topological polar surface area (TPSA) is 76.2 Å². The van der Waals surface area contributed by atoms with Crippen LogP contribution >= 0.6 is 0 Å². The Morgan fingerprint density at radius 3 is 2.39 bits per heavy atom. The summed E-state index contributed by atoms with van der Waals surface area (Å²) in [5.41, 5.74) is 2.06. The number of likely N-dealkylation sites (tertiary alicyclic amines) is 1.